The first-order valence-electron chi connectivity index (χ1n) is 6.37. The van der Waals surface area contributed by atoms with Crippen LogP contribution >= 0.6 is 0 Å². The zero-order valence-corrected chi connectivity index (χ0v) is 10.5. The predicted molar refractivity (Wildman–Crippen MR) is 67.7 cm³/mol. The number of hydrogen-bond acceptors (Lipinski definition) is 2. The van der Waals surface area contributed by atoms with Gasteiger partial charge in [-0.3, -0.25) is 0 Å². The Labute approximate surface area is 102 Å². The molecule has 0 aliphatic carbocycles. The van der Waals surface area contributed by atoms with E-state index in [-0.39, 0.29) is 5.82 Å². The lowest BCUT2D eigenvalue weighted by molar-refractivity contribution is 0.199. The van der Waals surface area contributed by atoms with Crippen molar-refractivity contribution in [2.24, 2.45) is 0 Å². The van der Waals surface area contributed by atoms with Gasteiger partial charge in [0.05, 0.1) is 6.10 Å². The second-order valence-electron chi connectivity index (χ2n) is 4.78. The van der Waals surface area contributed by atoms with Crippen molar-refractivity contribution in [3.8, 4) is 0 Å². The van der Waals surface area contributed by atoms with Gasteiger partial charge in [0.15, 0.2) is 0 Å². The quantitative estimate of drug-likeness (QED) is 0.872. The first-order chi connectivity index (χ1) is 8.13. The number of nitrogens with zero attached hydrogens (tertiary/aromatic N) is 1. The Kier molecular flexibility index (Phi) is 3.67. The molecule has 94 valence electrons. The van der Waals surface area contributed by atoms with Crippen molar-refractivity contribution in [3.63, 3.8) is 0 Å². The van der Waals surface area contributed by atoms with Gasteiger partial charge in [0.1, 0.15) is 5.82 Å². The zero-order chi connectivity index (χ0) is 12.4. The third-order valence-corrected chi connectivity index (χ3v) is 3.60. The van der Waals surface area contributed by atoms with E-state index in [1.54, 1.807) is 13.0 Å². The number of aliphatic hydroxyl groups excluding tert-OH is 1. The molecule has 1 saturated heterocycles. The van der Waals surface area contributed by atoms with Crippen LogP contribution < -0.4 is 4.90 Å². The maximum absolute atomic E-state index is 13.2. The van der Waals surface area contributed by atoms with Crippen molar-refractivity contribution in [3.05, 3.63) is 29.6 Å². The van der Waals surface area contributed by atoms with E-state index in [0.717, 1.165) is 18.7 Å². The van der Waals surface area contributed by atoms with Crippen molar-refractivity contribution in [2.75, 3.05) is 11.4 Å². The minimum atomic E-state index is -0.626. The molecule has 1 unspecified atom stereocenters. The number of benzene rings is 1. The maximum Gasteiger partial charge on any atom is 0.123 e. The van der Waals surface area contributed by atoms with Crippen LogP contribution in [0.4, 0.5) is 10.1 Å². The van der Waals surface area contributed by atoms with Gasteiger partial charge in [0, 0.05) is 23.8 Å². The minimum absolute atomic E-state index is 0.281. The molecule has 2 rings (SSSR count). The summed E-state index contributed by atoms with van der Waals surface area (Å²) in [5.74, 6) is -0.281. The molecule has 0 amide bonds. The fourth-order valence-corrected chi connectivity index (χ4v) is 2.70. The van der Waals surface area contributed by atoms with E-state index >= 15 is 0 Å². The summed E-state index contributed by atoms with van der Waals surface area (Å²) in [6.07, 6.45) is 2.83. The summed E-state index contributed by atoms with van der Waals surface area (Å²) in [5, 5.41) is 9.75. The molecule has 1 heterocycles. The Morgan fingerprint density at radius 1 is 1.53 bits per heavy atom. The normalized spacial score (nSPS) is 21.9. The second-order valence-corrected chi connectivity index (χ2v) is 4.78. The standard InChI is InChI=1S/C14H20FNO/c1-3-12-5-4-8-16(12)14-7-6-11(15)9-13(14)10(2)17/h6-7,9-10,12,17H,3-5,8H2,1-2H3/t10-,12?/m1/s1. The highest BCUT2D eigenvalue weighted by atomic mass is 19.1. The summed E-state index contributed by atoms with van der Waals surface area (Å²) in [4.78, 5) is 2.31. The Bertz CT molecular complexity index is 392. The SMILES string of the molecule is CCC1CCCN1c1ccc(F)cc1[C@@H](C)O. The summed E-state index contributed by atoms with van der Waals surface area (Å²) >= 11 is 0. The van der Waals surface area contributed by atoms with E-state index in [4.69, 9.17) is 0 Å². The van der Waals surface area contributed by atoms with Gasteiger partial charge in [-0.15, -0.1) is 0 Å². The van der Waals surface area contributed by atoms with Gasteiger partial charge in [-0.2, -0.15) is 0 Å². The topological polar surface area (TPSA) is 23.5 Å². The molecule has 1 aliphatic rings. The van der Waals surface area contributed by atoms with Crippen molar-refractivity contribution < 1.29 is 9.50 Å². The molecule has 3 heteroatoms. The van der Waals surface area contributed by atoms with E-state index in [1.165, 1.54) is 25.0 Å². The maximum atomic E-state index is 13.2. The summed E-state index contributed by atoms with van der Waals surface area (Å²) < 4.78 is 13.2. The third-order valence-electron chi connectivity index (χ3n) is 3.60. The second kappa shape index (κ2) is 5.05. The molecule has 1 fully saturated rings. The molecule has 0 radical (unpaired) electrons. The Morgan fingerprint density at radius 2 is 2.29 bits per heavy atom. The summed E-state index contributed by atoms with van der Waals surface area (Å²) in [6.45, 7) is 4.87. The van der Waals surface area contributed by atoms with Gasteiger partial charge in [0.25, 0.3) is 0 Å². The molecule has 2 atom stereocenters. The first-order valence-corrected chi connectivity index (χ1v) is 6.37. The molecule has 17 heavy (non-hydrogen) atoms. The van der Waals surface area contributed by atoms with Gasteiger partial charge in [-0.1, -0.05) is 6.92 Å². The molecule has 0 saturated carbocycles. The molecule has 0 spiro atoms. The van der Waals surface area contributed by atoms with Gasteiger partial charge >= 0.3 is 0 Å². The highest BCUT2D eigenvalue weighted by Gasteiger charge is 2.25. The summed E-state index contributed by atoms with van der Waals surface area (Å²) in [5.41, 5.74) is 1.69. The van der Waals surface area contributed by atoms with Crippen LogP contribution in [0.2, 0.25) is 0 Å². The lowest BCUT2D eigenvalue weighted by Gasteiger charge is -2.29. The fraction of sp³-hybridized carbons (Fsp3) is 0.571. The van der Waals surface area contributed by atoms with E-state index in [1.807, 2.05) is 0 Å². The van der Waals surface area contributed by atoms with E-state index in [9.17, 15) is 9.50 Å². The Hall–Kier alpha value is -1.09. The van der Waals surface area contributed by atoms with Crippen LogP contribution in [0.5, 0.6) is 0 Å². The van der Waals surface area contributed by atoms with Gasteiger partial charge in [0.2, 0.25) is 0 Å². The number of anilines is 1. The van der Waals surface area contributed by atoms with Crippen LogP contribution in [0.15, 0.2) is 18.2 Å². The average molecular weight is 237 g/mol. The number of halogens is 1. The monoisotopic (exact) mass is 237 g/mol. The lowest BCUT2D eigenvalue weighted by Crippen LogP contribution is -2.29. The van der Waals surface area contributed by atoms with E-state index in [2.05, 4.69) is 11.8 Å². The van der Waals surface area contributed by atoms with Gasteiger partial charge < -0.3 is 10.0 Å². The number of hydrogen-bond donors (Lipinski definition) is 1. The third kappa shape index (κ3) is 2.44. The molecule has 0 aromatic heterocycles. The highest BCUT2D eigenvalue weighted by molar-refractivity contribution is 5.56. The van der Waals surface area contributed by atoms with Crippen LogP contribution in [0.25, 0.3) is 0 Å². The molecule has 2 nitrogen and oxygen atoms in total. The highest BCUT2D eigenvalue weighted by Crippen LogP contribution is 2.33. The van der Waals surface area contributed by atoms with Gasteiger partial charge in [-0.05, 0) is 44.4 Å². The van der Waals surface area contributed by atoms with Crippen LogP contribution in [-0.2, 0) is 0 Å². The molecule has 1 aromatic carbocycles. The molecule has 0 bridgehead atoms. The molecule has 1 aromatic rings. The summed E-state index contributed by atoms with van der Waals surface area (Å²) in [6, 6.07) is 5.25. The van der Waals surface area contributed by atoms with Gasteiger partial charge in [-0.25, -0.2) is 4.39 Å². The van der Waals surface area contributed by atoms with Crippen LogP contribution in [0.3, 0.4) is 0 Å². The number of rotatable bonds is 3. The largest absolute Gasteiger partial charge is 0.389 e. The number of aliphatic hydroxyl groups is 1. The van der Waals surface area contributed by atoms with Crippen LogP contribution in [-0.4, -0.2) is 17.7 Å². The van der Waals surface area contributed by atoms with Crippen molar-refractivity contribution >= 4 is 5.69 Å². The van der Waals surface area contributed by atoms with E-state index in [0.29, 0.717) is 11.6 Å². The lowest BCUT2D eigenvalue weighted by atomic mass is 10.1. The Balaban J connectivity index is 2.37. The summed E-state index contributed by atoms with van der Waals surface area (Å²) in [7, 11) is 0. The first kappa shape index (κ1) is 12.4. The molecular weight excluding hydrogens is 217 g/mol. The Morgan fingerprint density at radius 3 is 2.94 bits per heavy atom. The molecular formula is C14H20FNO. The fourth-order valence-electron chi connectivity index (χ4n) is 2.70. The molecule has 1 N–H and O–H groups in total. The van der Waals surface area contributed by atoms with E-state index < -0.39 is 6.10 Å². The predicted octanol–water partition coefficient (Wildman–Crippen LogP) is 3.26. The van der Waals surface area contributed by atoms with Crippen LogP contribution in [0.1, 0.15) is 44.8 Å². The van der Waals surface area contributed by atoms with Crippen molar-refractivity contribution in [1.82, 2.24) is 0 Å². The minimum Gasteiger partial charge on any atom is -0.389 e. The van der Waals surface area contributed by atoms with Crippen molar-refractivity contribution in [1.29, 1.82) is 0 Å². The smallest absolute Gasteiger partial charge is 0.123 e. The van der Waals surface area contributed by atoms with Crippen molar-refractivity contribution in [2.45, 2.75) is 45.3 Å². The van der Waals surface area contributed by atoms with Crippen LogP contribution in [0, 0.1) is 5.82 Å². The average Bonchev–Trinajstić information content (AvgIpc) is 2.76. The zero-order valence-electron chi connectivity index (χ0n) is 10.5. The molecule has 1 aliphatic heterocycles.